The normalized spacial score (nSPS) is 13.0. The van der Waals surface area contributed by atoms with E-state index in [4.69, 9.17) is 0 Å². The SMILES string of the molecule is Cc1cc(C(=O)N[C@@H](c2ccccc2)C(C)C(=O)O)ccc1-c1cn[nH]c1. The van der Waals surface area contributed by atoms with E-state index >= 15 is 0 Å². The van der Waals surface area contributed by atoms with Crippen molar-refractivity contribution in [3.8, 4) is 11.1 Å². The molecule has 1 unspecified atom stereocenters. The number of hydrogen-bond acceptors (Lipinski definition) is 3. The van der Waals surface area contributed by atoms with Gasteiger partial charge in [-0.15, -0.1) is 0 Å². The Hall–Kier alpha value is -3.41. The van der Waals surface area contributed by atoms with E-state index in [2.05, 4.69) is 15.5 Å². The fourth-order valence-corrected chi connectivity index (χ4v) is 3.05. The van der Waals surface area contributed by atoms with Crippen molar-refractivity contribution in [2.24, 2.45) is 5.92 Å². The first-order chi connectivity index (χ1) is 13.0. The first kappa shape index (κ1) is 18.4. The molecule has 0 aliphatic heterocycles. The number of rotatable bonds is 6. The smallest absolute Gasteiger partial charge is 0.308 e. The predicted octanol–water partition coefficient (Wildman–Crippen LogP) is 3.58. The first-order valence-corrected chi connectivity index (χ1v) is 8.66. The highest BCUT2D eigenvalue weighted by Gasteiger charge is 2.27. The number of aliphatic carboxylic acids is 1. The van der Waals surface area contributed by atoms with E-state index in [9.17, 15) is 14.7 Å². The summed E-state index contributed by atoms with van der Waals surface area (Å²) in [6.07, 6.45) is 3.52. The Kier molecular flexibility index (Phi) is 5.35. The number of benzene rings is 2. The molecular weight excluding hydrogens is 342 g/mol. The second-order valence-electron chi connectivity index (χ2n) is 6.51. The minimum Gasteiger partial charge on any atom is -0.481 e. The Balaban J connectivity index is 1.85. The molecule has 0 aliphatic rings. The molecule has 0 bridgehead atoms. The van der Waals surface area contributed by atoms with Gasteiger partial charge in [-0.25, -0.2) is 0 Å². The van der Waals surface area contributed by atoms with E-state index in [0.717, 1.165) is 22.3 Å². The van der Waals surface area contributed by atoms with Gasteiger partial charge in [0.2, 0.25) is 0 Å². The molecule has 2 aromatic carbocycles. The summed E-state index contributed by atoms with van der Waals surface area (Å²) in [6, 6.07) is 13.9. The van der Waals surface area contributed by atoms with Gasteiger partial charge in [-0.2, -0.15) is 5.10 Å². The Morgan fingerprint density at radius 3 is 2.48 bits per heavy atom. The zero-order chi connectivity index (χ0) is 19.4. The average Bonchev–Trinajstić information content (AvgIpc) is 3.20. The highest BCUT2D eigenvalue weighted by molar-refractivity contribution is 5.95. The number of H-pyrrole nitrogens is 1. The molecule has 6 heteroatoms. The number of aromatic amines is 1. The summed E-state index contributed by atoms with van der Waals surface area (Å²) in [5.74, 6) is -2.03. The van der Waals surface area contributed by atoms with Gasteiger partial charge in [-0.05, 0) is 42.7 Å². The number of carboxylic acids is 1. The highest BCUT2D eigenvalue weighted by Crippen LogP contribution is 2.25. The summed E-state index contributed by atoms with van der Waals surface area (Å²) in [7, 11) is 0. The van der Waals surface area contributed by atoms with Crippen molar-refractivity contribution in [1.29, 1.82) is 0 Å². The Bertz CT molecular complexity index is 937. The molecule has 0 aliphatic carbocycles. The monoisotopic (exact) mass is 363 g/mol. The van der Waals surface area contributed by atoms with Crippen molar-refractivity contribution in [2.75, 3.05) is 0 Å². The van der Waals surface area contributed by atoms with Crippen LogP contribution < -0.4 is 5.32 Å². The topological polar surface area (TPSA) is 95.1 Å². The third-order valence-electron chi connectivity index (χ3n) is 4.63. The lowest BCUT2D eigenvalue weighted by atomic mass is 9.94. The van der Waals surface area contributed by atoms with Gasteiger partial charge in [0.25, 0.3) is 5.91 Å². The predicted molar refractivity (Wildman–Crippen MR) is 102 cm³/mol. The van der Waals surface area contributed by atoms with E-state index in [1.165, 1.54) is 0 Å². The Labute approximate surface area is 157 Å². The van der Waals surface area contributed by atoms with Gasteiger partial charge in [-0.1, -0.05) is 36.4 Å². The molecule has 1 aromatic heterocycles. The molecule has 138 valence electrons. The van der Waals surface area contributed by atoms with Crippen LogP contribution in [0.1, 0.15) is 34.5 Å². The number of carboxylic acid groups (broad SMARTS) is 1. The molecule has 6 nitrogen and oxygen atoms in total. The van der Waals surface area contributed by atoms with Gasteiger partial charge in [0, 0.05) is 17.3 Å². The number of hydrogen-bond donors (Lipinski definition) is 3. The molecule has 0 saturated carbocycles. The third kappa shape index (κ3) is 4.06. The van der Waals surface area contributed by atoms with E-state index < -0.39 is 17.9 Å². The second kappa shape index (κ2) is 7.86. The largest absolute Gasteiger partial charge is 0.481 e. The molecular formula is C21H21N3O3. The van der Waals surface area contributed by atoms with E-state index in [1.54, 1.807) is 31.5 Å². The number of nitrogens with zero attached hydrogens (tertiary/aromatic N) is 1. The van der Waals surface area contributed by atoms with E-state index in [-0.39, 0.29) is 5.91 Å². The number of amides is 1. The molecule has 0 saturated heterocycles. The van der Waals surface area contributed by atoms with Crippen LogP contribution in [0.15, 0.2) is 60.9 Å². The average molecular weight is 363 g/mol. The summed E-state index contributed by atoms with van der Waals surface area (Å²) in [5, 5.41) is 19.0. The van der Waals surface area contributed by atoms with Crippen molar-refractivity contribution in [2.45, 2.75) is 19.9 Å². The van der Waals surface area contributed by atoms with Crippen LogP contribution in [0.2, 0.25) is 0 Å². The van der Waals surface area contributed by atoms with Crippen molar-refractivity contribution in [1.82, 2.24) is 15.5 Å². The van der Waals surface area contributed by atoms with Crippen LogP contribution in [-0.2, 0) is 4.79 Å². The molecule has 0 fully saturated rings. The number of aryl methyl sites for hydroxylation is 1. The first-order valence-electron chi connectivity index (χ1n) is 8.66. The van der Waals surface area contributed by atoms with Gasteiger partial charge < -0.3 is 10.4 Å². The minimum atomic E-state index is -0.962. The van der Waals surface area contributed by atoms with Gasteiger partial charge >= 0.3 is 5.97 Å². The lowest BCUT2D eigenvalue weighted by Crippen LogP contribution is -2.35. The maximum atomic E-state index is 12.8. The van der Waals surface area contributed by atoms with Gasteiger partial charge in [-0.3, -0.25) is 14.7 Å². The number of carbonyl (C=O) groups excluding carboxylic acids is 1. The number of nitrogens with one attached hydrogen (secondary N) is 2. The fraction of sp³-hybridized carbons (Fsp3) is 0.190. The van der Waals surface area contributed by atoms with E-state index in [0.29, 0.717) is 5.56 Å². The van der Waals surface area contributed by atoms with Crippen LogP contribution in [0.25, 0.3) is 11.1 Å². The molecule has 2 atom stereocenters. The molecule has 1 heterocycles. The Morgan fingerprint density at radius 2 is 1.89 bits per heavy atom. The lowest BCUT2D eigenvalue weighted by molar-refractivity contribution is -0.142. The van der Waals surface area contributed by atoms with Crippen LogP contribution in [0.4, 0.5) is 0 Å². The molecule has 0 spiro atoms. The maximum absolute atomic E-state index is 12.8. The molecule has 27 heavy (non-hydrogen) atoms. The zero-order valence-corrected chi connectivity index (χ0v) is 15.1. The summed E-state index contributed by atoms with van der Waals surface area (Å²) in [4.78, 5) is 24.3. The summed E-state index contributed by atoms with van der Waals surface area (Å²) in [5.41, 5.74) is 4.11. The third-order valence-corrected chi connectivity index (χ3v) is 4.63. The second-order valence-corrected chi connectivity index (χ2v) is 6.51. The summed E-state index contributed by atoms with van der Waals surface area (Å²) in [6.45, 7) is 3.52. The van der Waals surface area contributed by atoms with Crippen LogP contribution in [-0.4, -0.2) is 27.2 Å². The van der Waals surface area contributed by atoms with Crippen LogP contribution >= 0.6 is 0 Å². The van der Waals surface area contributed by atoms with Gasteiger partial charge in [0.05, 0.1) is 18.2 Å². The van der Waals surface area contributed by atoms with Crippen molar-refractivity contribution < 1.29 is 14.7 Å². The van der Waals surface area contributed by atoms with Gasteiger partial charge in [0.1, 0.15) is 0 Å². The van der Waals surface area contributed by atoms with Crippen molar-refractivity contribution >= 4 is 11.9 Å². The van der Waals surface area contributed by atoms with Crippen LogP contribution in [0, 0.1) is 12.8 Å². The minimum absolute atomic E-state index is 0.307. The van der Waals surface area contributed by atoms with Gasteiger partial charge in [0.15, 0.2) is 0 Å². The number of carbonyl (C=O) groups is 2. The van der Waals surface area contributed by atoms with Crippen LogP contribution in [0.5, 0.6) is 0 Å². The molecule has 0 radical (unpaired) electrons. The molecule has 3 N–H and O–H groups in total. The van der Waals surface area contributed by atoms with Crippen LogP contribution in [0.3, 0.4) is 0 Å². The summed E-state index contributed by atoms with van der Waals surface area (Å²) >= 11 is 0. The molecule has 3 aromatic rings. The maximum Gasteiger partial charge on any atom is 0.308 e. The Morgan fingerprint density at radius 1 is 1.15 bits per heavy atom. The molecule has 1 amide bonds. The zero-order valence-electron chi connectivity index (χ0n) is 15.1. The summed E-state index contributed by atoms with van der Waals surface area (Å²) < 4.78 is 0. The number of aromatic nitrogens is 2. The fourth-order valence-electron chi connectivity index (χ4n) is 3.05. The standard InChI is InChI=1S/C21H21N3O3/c1-13-10-16(8-9-18(13)17-11-22-23-12-17)20(25)24-19(14(2)21(26)27)15-6-4-3-5-7-15/h3-12,14,19H,1-2H3,(H,22,23)(H,24,25)(H,26,27)/t14?,19-/m1/s1. The highest BCUT2D eigenvalue weighted by atomic mass is 16.4. The lowest BCUT2D eigenvalue weighted by Gasteiger charge is -2.23. The van der Waals surface area contributed by atoms with E-state index in [1.807, 2.05) is 43.3 Å². The quantitative estimate of drug-likeness (QED) is 0.624. The molecule has 3 rings (SSSR count). The van der Waals surface area contributed by atoms with Crippen molar-refractivity contribution in [3.05, 3.63) is 77.6 Å². The van der Waals surface area contributed by atoms with Crippen molar-refractivity contribution in [3.63, 3.8) is 0 Å².